The summed E-state index contributed by atoms with van der Waals surface area (Å²) < 4.78 is 0.974. The molecular weight excluding hydrogens is 288 g/mol. The highest BCUT2D eigenvalue weighted by molar-refractivity contribution is 5.84. The van der Waals surface area contributed by atoms with Crippen LogP contribution in [-0.4, -0.2) is 49.5 Å². The Morgan fingerprint density at radius 2 is 2.09 bits per heavy atom. The van der Waals surface area contributed by atoms with Crippen LogP contribution in [0.25, 0.3) is 10.9 Å². The molecule has 8 heteroatoms. The Morgan fingerprint density at radius 3 is 2.86 bits per heavy atom. The van der Waals surface area contributed by atoms with E-state index in [0.717, 1.165) is 4.68 Å². The summed E-state index contributed by atoms with van der Waals surface area (Å²) in [4.78, 5) is 36.9. The average Bonchev–Trinajstić information content (AvgIpc) is 3.00. The van der Waals surface area contributed by atoms with E-state index in [1.54, 1.807) is 24.3 Å². The fourth-order valence-corrected chi connectivity index (χ4v) is 2.67. The van der Waals surface area contributed by atoms with E-state index in [0.29, 0.717) is 30.3 Å². The molecule has 8 nitrogen and oxygen atoms in total. The van der Waals surface area contributed by atoms with Crippen LogP contribution < -0.4 is 5.56 Å². The number of benzene rings is 1. The van der Waals surface area contributed by atoms with Crippen LogP contribution in [0.3, 0.4) is 0 Å². The fourth-order valence-electron chi connectivity index (χ4n) is 2.67. The summed E-state index contributed by atoms with van der Waals surface area (Å²) in [5.41, 5.74) is 0.0470. The monoisotopic (exact) mass is 302 g/mol. The van der Waals surface area contributed by atoms with E-state index in [2.05, 4.69) is 10.3 Å². The van der Waals surface area contributed by atoms with Gasteiger partial charge < -0.3 is 10.0 Å². The molecule has 2 heterocycles. The summed E-state index contributed by atoms with van der Waals surface area (Å²) >= 11 is 0. The van der Waals surface area contributed by atoms with E-state index in [9.17, 15) is 14.4 Å². The normalized spacial score (nSPS) is 17.8. The highest BCUT2D eigenvalue weighted by Crippen LogP contribution is 2.17. The number of likely N-dealkylation sites (tertiary alicyclic amines) is 1. The van der Waals surface area contributed by atoms with Crippen molar-refractivity contribution in [2.75, 3.05) is 6.54 Å². The molecule has 1 aliphatic heterocycles. The number of rotatable bonds is 3. The van der Waals surface area contributed by atoms with Crippen LogP contribution in [-0.2, 0) is 16.1 Å². The van der Waals surface area contributed by atoms with E-state index >= 15 is 0 Å². The third-order valence-electron chi connectivity index (χ3n) is 3.77. The van der Waals surface area contributed by atoms with Gasteiger partial charge in [0.15, 0.2) is 0 Å². The standard InChI is InChI=1S/C14H14N4O4/c19-12(17-7-3-6-11(17)14(21)22)8-18-13(20)9-4-1-2-5-10(9)15-16-18/h1-2,4-5,11H,3,6-8H2,(H,21,22)/t11-/m0/s1. The Bertz CT molecular complexity index is 801. The molecule has 0 saturated carbocycles. The number of hydrogen-bond acceptors (Lipinski definition) is 5. The molecule has 0 bridgehead atoms. The Kier molecular flexibility index (Phi) is 3.58. The Hall–Kier alpha value is -2.77. The van der Waals surface area contributed by atoms with Gasteiger partial charge in [-0.2, -0.15) is 0 Å². The maximum absolute atomic E-state index is 12.3. The third kappa shape index (κ3) is 2.43. The first-order valence-electron chi connectivity index (χ1n) is 6.93. The van der Waals surface area contributed by atoms with Gasteiger partial charge in [0.1, 0.15) is 18.1 Å². The molecule has 3 rings (SSSR count). The van der Waals surface area contributed by atoms with Crippen molar-refractivity contribution in [2.45, 2.75) is 25.4 Å². The molecule has 114 valence electrons. The molecular formula is C14H14N4O4. The zero-order chi connectivity index (χ0) is 15.7. The third-order valence-corrected chi connectivity index (χ3v) is 3.77. The van der Waals surface area contributed by atoms with Crippen LogP contribution in [0.5, 0.6) is 0 Å². The number of aromatic nitrogens is 3. The van der Waals surface area contributed by atoms with Crippen molar-refractivity contribution < 1.29 is 14.7 Å². The molecule has 1 fully saturated rings. The molecule has 0 radical (unpaired) electrons. The quantitative estimate of drug-likeness (QED) is 0.846. The lowest BCUT2D eigenvalue weighted by Gasteiger charge is -2.21. The van der Waals surface area contributed by atoms with E-state index in [1.807, 2.05) is 0 Å². The number of carbonyl (C=O) groups is 2. The zero-order valence-corrected chi connectivity index (χ0v) is 11.7. The van der Waals surface area contributed by atoms with Gasteiger partial charge in [-0.1, -0.05) is 17.3 Å². The summed E-state index contributed by atoms with van der Waals surface area (Å²) in [6.45, 7) is 0.0754. The first kappa shape index (κ1) is 14.2. The van der Waals surface area contributed by atoms with Gasteiger partial charge in [0, 0.05) is 6.54 Å². The van der Waals surface area contributed by atoms with Crippen molar-refractivity contribution in [1.82, 2.24) is 19.9 Å². The van der Waals surface area contributed by atoms with Crippen molar-refractivity contribution in [1.29, 1.82) is 0 Å². The number of carboxylic acids is 1. The van der Waals surface area contributed by atoms with Crippen LogP contribution in [0.4, 0.5) is 0 Å². The predicted molar refractivity (Wildman–Crippen MR) is 76.2 cm³/mol. The van der Waals surface area contributed by atoms with E-state index in [4.69, 9.17) is 5.11 Å². The molecule has 0 aliphatic carbocycles. The summed E-state index contributed by atoms with van der Waals surface area (Å²) in [6.07, 6.45) is 1.07. The minimum Gasteiger partial charge on any atom is -0.480 e. The maximum Gasteiger partial charge on any atom is 0.326 e. The second kappa shape index (κ2) is 5.55. The number of fused-ring (bicyclic) bond motifs is 1. The van der Waals surface area contributed by atoms with Gasteiger partial charge in [-0.05, 0) is 25.0 Å². The van der Waals surface area contributed by atoms with Crippen LogP contribution >= 0.6 is 0 Å². The summed E-state index contributed by atoms with van der Waals surface area (Å²) in [5.74, 6) is -1.46. The first-order chi connectivity index (χ1) is 10.6. The molecule has 1 N–H and O–H groups in total. The number of carbonyl (C=O) groups excluding carboxylic acids is 1. The minimum absolute atomic E-state index is 0.305. The van der Waals surface area contributed by atoms with Crippen LogP contribution in [0.15, 0.2) is 29.1 Å². The van der Waals surface area contributed by atoms with Gasteiger partial charge in [-0.25, -0.2) is 9.48 Å². The van der Waals surface area contributed by atoms with Gasteiger partial charge in [0.2, 0.25) is 5.91 Å². The highest BCUT2D eigenvalue weighted by Gasteiger charge is 2.34. The lowest BCUT2D eigenvalue weighted by molar-refractivity contribution is -0.148. The SMILES string of the molecule is O=C(O)[C@@H]1CCCN1C(=O)Cn1nnc2ccccc2c1=O. The number of hydrogen-bond donors (Lipinski definition) is 1. The molecule has 0 unspecified atom stereocenters. The van der Waals surface area contributed by atoms with Gasteiger partial charge in [0.05, 0.1) is 5.39 Å². The second-order valence-corrected chi connectivity index (χ2v) is 5.15. The Labute approximate surface area is 125 Å². The molecule has 1 amide bonds. The van der Waals surface area contributed by atoms with Gasteiger partial charge in [0.25, 0.3) is 5.56 Å². The molecule has 2 aromatic rings. The zero-order valence-electron chi connectivity index (χ0n) is 11.7. The van der Waals surface area contributed by atoms with Crippen molar-refractivity contribution in [3.8, 4) is 0 Å². The maximum atomic E-state index is 12.3. The van der Waals surface area contributed by atoms with E-state index in [1.165, 1.54) is 4.90 Å². The Morgan fingerprint density at radius 1 is 1.32 bits per heavy atom. The lowest BCUT2D eigenvalue weighted by atomic mass is 10.2. The predicted octanol–water partition coefficient (Wildman–Crippen LogP) is -0.133. The van der Waals surface area contributed by atoms with Gasteiger partial charge in [-0.3, -0.25) is 9.59 Å². The number of aliphatic carboxylic acids is 1. The largest absolute Gasteiger partial charge is 0.480 e. The Balaban J connectivity index is 1.87. The van der Waals surface area contributed by atoms with Crippen molar-refractivity contribution in [2.24, 2.45) is 0 Å². The summed E-state index contributed by atoms with van der Waals surface area (Å²) in [6, 6.07) is 5.91. The van der Waals surface area contributed by atoms with Crippen LogP contribution in [0.1, 0.15) is 12.8 Å². The molecule has 22 heavy (non-hydrogen) atoms. The van der Waals surface area contributed by atoms with Crippen molar-refractivity contribution in [3.63, 3.8) is 0 Å². The number of amides is 1. The second-order valence-electron chi connectivity index (χ2n) is 5.15. The summed E-state index contributed by atoms with van der Waals surface area (Å²) in [5, 5.41) is 17.1. The fraction of sp³-hybridized carbons (Fsp3) is 0.357. The minimum atomic E-state index is -1.03. The molecule has 1 aromatic carbocycles. The molecule has 1 aliphatic rings. The number of carboxylic acid groups (broad SMARTS) is 1. The topological polar surface area (TPSA) is 105 Å². The van der Waals surface area contributed by atoms with E-state index in [-0.39, 0.29) is 6.54 Å². The van der Waals surface area contributed by atoms with Gasteiger partial charge >= 0.3 is 5.97 Å². The smallest absolute Gasteiger partial charge is 0.326 e. The van der Waals surface area contributed by atoms with Crippen molar-refractivity contribution >= 4 is 22.8 Å². The average molecular weight is 302 g/mol. The summed E-state index contributed by atoms with van der Waals surface area (Å²) in [7, 11) is 0. The van der Waals surface area contributed by atoms with Gasteiger partial charge in [-0.15, -0.1) is 5.10 Å². The number of nitrogens with zero attached hydrogens (tertiary/aromatic N) is 4. The molecule has 1 saturated heterocycles. The molecule has 1 aromatic heterocycles. The van der Waals surface area contributed by atoms with E-state index < -0.39 is 23.5 Å². The van der Waals surface area contributed by atoms with Crippen LogP contribution in [0, 0.1) is 0 Å². The van der Waals surface area contributed by atoms with Crippen molar-refractivity contribution in [3.05, 3.63) is 34.6 Å². The molecule has 0 spiro atoms. The first-order valence-corrected chi connectivity index (χ1v) is 6.93. The highest BCUT2D eigenvalue weighted by atomic mass is 16.4. The lowest BCUT2D eigenvalue weighted by Crippen LogP contribution is -2.43. The molecule has 1 atom stereocenters. The van der Waals surface area contributed by atoms with Crippen LogP contribution in [0.2, 0.25) is 0 Å².